The molecule has 27 heavy (non-hydrogen) atoms. The minimum absolute atomic E-state index is 0.0696. The van der Waals surface area contributed by atoms with E-state index in [2.05, 4.69) is 31.0 Å². The summed E-state index contributed by atoms with van der Waals surface area (Å²) in [6, 6.07) is 7.30. The van der Waals surface area contributed by atoms with Crippen molar-refractivity contribution in [3.8, 4) is 5.75 Å². The van der Waals surface area contributed by atoms with Crippen molar-refractivity contribution in [2.24, 2.45) is 5.10 Å². The molecule has 0 aliphatic heterocycles. The SMILES string of the molecule is COc1ccc(/C=N/NC(=O)CCCCCNc2n[nH]c(=O)[nH]c2=O)cc1. The number of unbranched alkanes of at least 4 members (excludes halogenated alkanes) is 2. The number of H-pyrrole nitrogens is 2. The Bertz CT molecular complexity index is 872. The molecule has 2 aromatic rings. The molecule has 4 N–H and O–H groups in total. The van der Waals surface area contributed by atoms with Crippen LogP contribution in [0.5, 0.6) is 5.75 Å². The molecule has 1 heterocycles. The number of amides is 1. The third kappa shape index (κ3) is 7.14. The molecule has 1 aromatic carbocycles. The number of hydrogen-bond acceptors (Lipinski definition) is 7. The number of aromatic amines is 2. The Balaban J connectivity index is 1.58. The first-order chi connectivity index (χ1) is 13.1. The van der Waals surface area contributed by atoms with Gasteiger partial charge in [0.1, 0.15) is 5.75 Å². The van der Waals surface area contributed by atoms with Gasteiger partial charge in [-0.3, -0.25) is 14.6 Å². The largest absolute Gasteiger partial charge is 0.497 e. The molecule has 0 fully saturated rings. The highest BCUT2D eigenvalue weighted by atomic mass is 16.5. The number of ether oxygens (including phenoxy) is 1. The first-order valence-corrected chi connectivity index (χ1v) is 8.47. The molecule has 0 unspecified atom stereocenters. The van der Waals surface area contributed by atoms with Crippen LogP contribution in [0.3, 0.4) is 0 Å². The Hall–Kier alpha value is -3.43. The molecule has 1 amide bonds. The molecule has 0 saturated heterocycles. The van der Waals surface area contributed by atoms with E-state index in [-0.39, 0.29) is 11.7 Å². The summed E-state index contributed by atoms with van der Waals surface area (Å²) in [4.78, 5) is 36.1. The van der Waals surface area contributed by atoms with E-state index in [4.69, 9.17) is 4.74 Å². The van der Waals surface area contributed by atoms with Gasteiger partial charge in [0.2, 0.25) is 11.7 Å². The molecule has 1 aromatic heterocycles. The van der Waals surface area contributed by atoms with Crippen LogP contribution in [0.4, 0.5) is 5.82 Å². The maximum absolute atomic E-state index is 11.7. The number of hydrazone groups is 1. The fourth-order valence-corrected chi connectivity index (χ4v) is 2.19. The van der Waals surface area contributed by atoms with E-state index in [1.54, 1.807) is 13.3 Å². The molecule has 0 aliphatic rings. The second-order valence-electron chi connectivity index (χ2n) is 5.66. The minimum atomic E-state index is -0.647. The van der Waals surface area contributed by atoms with Crippen LogP contribution in [0.25, 0.3) is 0 Å². The molecule has 0 saturated carbocycles. The number of carbonyl (C=O) groups excluding carboxylic acids is 1. The standard InChI is InChI=1S/C17H22N6O4/c1-27-13-8-6-12(7-9-13)11-19-21-14(24)5-3-2-4-10-18-15-16(25)20-17(26)23-22-15/h6-9,11H,2-5,10H2,1H3,(H,18,22)(H,21,24)(H2,20,23,25,26)/b19-11+. The van der Waals surface area contributed by atoms with E-state index in [1.165, 1.54) is 0 Å². The minimum Gasteiger partial charge on any atom is -0.497 e. The lowest BCUT2D eigenvalue weighted by molar-refractivity contribution is -0.121. The van der Waals surface area contributed by atoms with E-state index in [0.717, 1.165) is 24.2 Å². The lowest BCUT2D eigenvalue weighted by Gasteiger charge is -2.04. The number of carbonyl (C=O) groups is 1. The average molecular weight is 374 g/mol. The number of nitrogens with zero attached hydrogens (tertiary/aromatic N) is 2. The molecule has 144 valence electrons. The van der Waals surface area contributed by atoms with Gasteiger partial charge in [-0.1, -0.05) is 6.42 Å². The highest BCUT2D eigenvalue weighted by molar-refractivity contribution is 5.82. The van der Waals surface area contributed by atoms with Crippen molar-refractivity contribution >= 4 is 17.9 Å². The van der Waals surface area contributed by atoms with Crippen molar-refractivity contribution in [2.75, 3.05) is 19.0 Å². The van der Waals surface area contributed by atoms with Crippen molar-refractivity contribution < 1.29 is 9.53 Å². The summed E-state index contributed by atoms with van der Waals surface area (Å²) in [6.07, 6.45) is 4.17. The summed E-state index contributed by atoms with van der Waals surface area (Å²) in [5.41, 5.74) is 2.13. The summed E-state index contributed by atoms with van der Waals surface area (Å²) in [6.45, 7) is 0.513. The van der Waals surface area contributed by atoms with Gasteiger partial charge in [0.15, 0.2) is 0 Å². The van der Waals surface area contributed by atoms with Crippen molar-refractivity contribution in [2.45, 2.75) is 25.7 Å². The highest BCUT2D eigenvalue weighted by Gasteiger charge is 2.02. The Morgan fingerprint density at radius 1 is 1.22 bits per heavy atom. The normalized spacial score (nSPS) is 10.7. The Labute approximate surface area is 155 Å². The van der Waals surface area contributed by atoms with Crippen molar-refractivity contribution in [1.29, 1.82) is 0 Å². The van der Waals surface area contributed by atoms with Gasteiger partial charge in [0.25, 0.3) is 5.56 Å². The number of aromatic nitrogens is 3. The van der Waals surface area contributed by atoms with Crippen LogP contribution < -0.4 is 26.7 Å². The Morgan fingerprint density at radius 2 is 2.00 bits per heavy atom. The molecule has 2 rings (SSSR count). The molecule has 10 heteroatoms. The maximum atomic E-state index is 11.7. The smallest absolute Gasteiger partial charge is 0.342 e. The first kappa shape index (κ1) is 19.9. The van der Waals surface area contributed by atoms with E-state index in [0.29, 0.717) is 19.4 Å². The number of methoxy groups -OCH3 is 1. The summed E-state index contributed by atoms with van der Waals surface area (Å²) in [7, 11) is 1.60. The second-order valence-corrected chi connectivity index (χ2v) is 5.66. The molecule has 0 aliphatic carbocycles. The number of rotatable bonds is 10. The summed E-state index contributed by atoms with van der Waals surface area (Å²) < 4.78 is 5.07. The van der Waals surface area contributed by atoms with E-state index in [1.807, 2.05) is 24.3 Å². The predicted octanol–water partition coefficient (Wildman–Crippen LogP) is 0.589. The lowest BCUT2D eigenvalue weighted by atomic mass is 10.2. The Kier molecular flexibility index (Phi) is 7.76. The zero-order chi connectivity index (χ0) is 19.5. The van der Waals surface area contributed by atoms with Crippen LogP contribution in [0.15, 0.2) is 39.0 Å². The van der Waals surface area contributed by atoms with Crippen molar-refractivity contribution in [3.63, 3.8) is 0 Å². The van der Waals surface area contributed by atoms with Gasteiger partial charge in [-0.15, -0.1) is 5.10 Å². The van der Waals surface area contributed by atoms with Gasteiger partial charge in [-0.25, -0.2) is 15.3 Å². The van der Waals surface area contributed by atoms with E-state index < -0.39 is 11.2 Å². The molecule has 0 radical (unpaired) electrons. The summed E-state index contributed by atoms with van der Waals surface area (Å²) in [5, 5.41) is 12.5. The van der Waals surface area contributed by atoms with Crippen LogP contribution in [0.1, 0.15) is 31.2 Å². The van der Waals surface area contributed by atoms with Crippen LogP contribution in [0, 0.1) is 0 Å². The topological polar surface area (TPSA) is 141 Å². The van der Waals surface area contributed by atoms with Crippen molar-refractivity contribution in [1.82, 2.24) is 20.6 Å². The summed E-state index contributed by atoms with van der Waals surface area (Å²) in [5.74, 6) is 0.665. The third-order valence-electron chi connectivity index (χ3n) is 3.60. The molecular formula is C17H22N6O4. The van der Waals surface area contributed by atoms with Gasteiger partial charge in [0.05, 0.1) is 13.3 Å². The van der Waals surface area contributed by atoms with Crippen LogP contribution in [-0.2, 0) is 4.79 Å². The summed E-state index contributed by atoms with van der Waals surface area (Å²) >= 11 is 0. The second kappa shape index (κ2) is 10.5. The number of anilines is 1. The molecule has 0 atom stereocenters. The van der Waals surface area contributed by atoms with Gasteiger partial charge in [0, 0.05) is 13.0 Å². The quantitative estimate of drug-likeness (QED) is 0.272. The van der Waals surface area contributed by atoms with Crippen molar-refractivity contribution in [3.05, 3.63) is 50.7 Å². The predicted molar refractivity (Wildman–Crippen MR) is 101 cm³/mol. The van der Waals surface area contributed by atoms with Crippen LogP contribution >= 0.6 is 0 Å². The maximum Gasteiger partial charge on any atom is 0.342 e. The average Bonchev–Trinajstić information content (AvgIpc) is 2.66. The zero-order valence-electron chi connectivity index (χ0n) is 14.9. The molecule has 0 spiro atoms. The third-order valence-corrected chi connectivity index (χ3v) is 3.60. The fraction of sp³-hybridized carbons (Fsp3) is 0.353. The van der Waals surface area contributed by atoms with Gasteiger partial charge in [-0.2, -0.15) is 5.10 Å². The van der Waals surface area contributed by atoms with E-state index in [9.17, 15) is 14.4 Å². The number of hydrogen-bond donors (Lipinski definition) is 4. The number of benzene rings is 1. The Morgan fingerprint density at radius 3 is 2.70 bits per heavy atom. The van der Waals surface area contributed by atoms with Gasteiger partial charge in [-0.05, 0) is 42.7 Å². The fourth-order valence-electron chi connectivity index (χ4n) is 2.19. The van der Waals surface area contributed by atoms with Gasteiger partial charge < -0.3 is 10.1 Å². The van der Waals surface area contributed by atoms with Crippen LogP contribution in [-0.4, -0.2) is 41.0 Å². The highest BCUT2D eigenvalue weighted by Crippen LogP contribution is 2.09. The van der Waals surface area contributed by atoms with E-state index >= 15 is 0 Å². The first-order valence-electron chi connectivity index (χ1n) is 8.47. The van der Waals surface area contributed by atoms with Crippen LogP contribution in [0.2, 0.25) is 0 Å². The van der Waals surface area contributed by atoms with Gasteiger partial charge >= 0.3 is 5.69 Å². The molecular weight excluding hydrogens is 352 g/mol. The zero-order valence-corrected chi connectivity index (χ0v) is 14.9. The lowest BCUT2D eigenvalue weighted by Crippen LogP contribution is -2.27. The molecule has 0 bridgehead atoms. The number of nitrogens with one attached hydrogen (secondary N) is 4. The monoisotopic (exact) mass is 374 g/mol. The molecule has 10 nitrogen and oxygen atoms in total.